The molecule has 0 radical (unpaired) electrons. The molecular weight excluding hydrogens is 534 g/mol. The van der Waals surface area contributed by atoms with Gasteiger partial charge in [0.2, 0.25) is 0 Å². The first kappa shape index (κ1) is 30.7. The van der Waals surface area contributed by atoms with E-state index in [1.54, 1.807) is 7.11 Å². The monoisotopic (exact) mass is 587 g/mol. The fourth-order valence-electron chi connectivity index (χ4n) is 11.7. The number of hydrogen-bond acceptors (Lipinski definition) is 7. The highest BCUT2D eigenvalue weighted by Crippen LogP contribution is 2.69. The van der Waals surface area contributed by atoms with Gasteiger partial charge in [0.15, 0.2) is 5.78 Å². The highest BCUT2D eigenvalue weighted by Gasteiger charge is 2.65. The molecule has 8 heteroatoms. The molecule has 236 valence electrons. The van der Waals surface area contributed by atoms with Crippen LogP contribution in [0.1, 0.15) is 98.3 Å². The van der Waals surface area contributed by atoms with E-state index >= 15 is 0 Å². The van der Waals surface area contributed by atoms with Crippen LogP contribution in [-0.4, -0.2) is 70.3 Å². The molecule has 0 aromatic rings. The zero-order chi connectivity index (χ0) is 30.2. The number of nitrogens with zero attached hydrogens (tertiary/aromatic N) is 1. The first-order valence-electron chi connectivity index (χ1n) is 16.6. The standard InChI is InChI=1S/C34H53NO7/c1-19-24-8-12-34(4)25-7-11-32(2)10-6-20(31(39)40)14-26(32)23(25)17-28(38)30(34)33(24,3)13-9-27(19)35(41-5)29-16-21(37)15-22(18-36)42-29/h17,19-22,24-27,29-30,36-37H,6-16,18H2,1-5H3,(H,39,40). The van der Waals surface area contributed by atoms with Crippen molar-refractivity contribution in [1.29, 1.82) is 0 Å². The summed E-state index contributed by atoms with van der Waals surface area (Å²) in [6, 6.07) is 0.0995. The van der Waals surface area contributed by atoms with Crippen LogP contribution < -0.4 is 0 Å². The van der Waals surface area contributed by atoms with E-state index in [1.807, 2.05) is 11.1 Å². The molecule has 13 atom stereocenters. The Labute approximate surface area is 251 Å². The number of aliphatic carboxylic acids is 1. The van der Waals surface area contributed by atoms with Crippen molar-refractivity contribution in [2.45, 2.75) is 123 Å². The number of ether oxygens (including phenoxy) is 1. The summed E-state index contributed by atoms with van der Waals surface area (Å²) in [7, 11) is 1.67. The third-order valence-electron chi connectivity index (χ3n) is 13.7. The third-order valence-corrected chi connectivity index (χ3v) is 13.7. The Hall–Kier alpha value is -1.32. The summed E-state index contributed by atoms with van der Waals surface area (Å²) >= 11 is 0. The number of carbonyl (C=O) groups is 2. The lowest BCUT2D eigenvalue weighted by Crippen LogP contribution is -2.64. The molecule has 42 heavy (non-hydrogen) atoms. The van der Waals surface area contributed by atoms with Gasteiger partial charge in [0.1, 0.15) is 6.23 Å². The molecule has 3 N–H and O–H groups in total. The van der Waals surface area contributed by atoms with Crippen LogP contribution in [0.15, 0.2) is 11.6 Å². The molecule has 6 rings (SSSR count). The summed E-state index contributed by atoms with van der Waals surface area (Å²) < 4.78 is 6.17. The Balaban J connectivity index is 1.27. The summed E-state index contributed by atoms with van der Waals surface area (Å²) in [5, 5.41) is 32.0. The van der Waals surface area contributed by atoms with Crippen molar-refractivity contribution >= 4 is 11.8 Å². The van der Waals surface area contributed by atoms with E-state index in [0.717, 1.165) is 51.4 Å². The number of carboxylic acids is 1. The Morgan fingerprint density at radius 2 is 1.74 bits per heavy atom. The van der Waals surface area contributed by atoms with Gasteiger partial charge in [0.25, 0.3) is 0 Å². The summed E-state index contributed by atoms with van der Waals surface area (Å²) in [5.74, 6) is 0.409. The van der Waals surface area contributed by atoms with Crippen LogP contribution in [-0.2, 0) is 19.2 Å². The lowest BCUT2D eigenvalue weighted by Gasteiger charge is -2.66. The molecule has 0 aromatic carbocycles. The summed E-state index contributed by atoms with van der Waals surface area (Å²) in [4.78, 5) is 32.3. The normalized spacial score (nSPS) is 50.7. The lowest BCUT2D eigenvalue weighted by molar-refractivity contribution is -0.309. The number of carbonyl (C=O) groups excluding carboxylic acids is 1. The molecule has 0 aromatic heterocycles. The number of rotatable bonds is 5. The van der Waals surface area contributed by atoms with E-state index in [1.165, 1.54) is 5.57 Å². The Kier molecular flexibility index (Phi) is 7.99. The topological polar surface area (TPSA) is 117 Å². The van der Waals surface area contributed by atoms with E-state index in [0.29, 0.717) is 31.1 Å². The molecule has 1 saturated heterocycles. The van der Waals surface area contributed by atoms with Gasteiger partial charge in [-0.25, -0.2) is 0 Å². The van der Waals surface area contributed by atoms with E-state index in [2.05, 4.69) is 27.7 Å². The summed E-state index contributed by atoms with van der Waals surface area (Å²) in [6.45, 7) is 9.28. The molecule has 1 aliphatic heterocycles. The highest BCUT2D eigenvalue weighted by atomic mass is 16.7. The van der Waals surface area contributed by atoms with E-state index < -0.39 is 24.4 Å². The predicted octanol–water partition coefficient (Wildman–Crippen LogP) is 4.97. The SMILES string of the molecule is CON(C1CC(O)CC(CO)O1)C1CCC2(C)C(CCC3(C)C4CCC5(C)CCC(C(=O)O)CC5C4=CC(=O)C32)C1C. The number of fused-ring (bicyclic) bond motifs is 7. The Bertz CT molecular complexity index is 1110. The minimum atomic E-state index is -0.685. The Morgan fingerprint density at radius 3 is 2.43 bits per heavy atom. The van der Waals surface area contributed by atoms with Gasteiger partial charge in [-0.15, -0.1) is 0 Å². The van der Waals surface area contributed by atoms with Crippen LogP contribution in [0.3, 0.4) is 0 Å². The summed E-state index contributed by atoms with van der Waals surface area (Å²) in [5.41, 5.74) is 1.14. The van der Waals surface area contributed by atoms with Gasteiger partial charge in [-0.05, 0) is 104 Å². The lowest BCUT2D eigenvalue weighted by atomic mass is 9.38. The van der Waals surface area contributed by atoms with Crippen molar-refractivity contribution in [1.82, 2.24) is 5.06 Å². The molecule has 0 amide bonds. The quantitative estimate of drug-likeness (QED) is 0.386. The molecule has 13 unspecified atom stereocenters. The van der Waals surface area contributed by atoms with E-state index in [9.17, 15) is 24.9 Å². The number of carboxylic acid groups (broad SMARTS) is 1. The van der Waals surface area contributed by atoms with Crippen LogP contribution in [0.4, 0.5) is 0 Å². The zero-order valence-electron chi connectivity index (χ0n) is 26.3. The van der Waals surface area contributed by atoms with Crippen molar-refractivity contribution in [3.63, 3.8) is 0 Å². The average Bonchev–Trinajstić information content (AvgIpc) is 2.93. The van der Waals surface area contributed by atoms with Gasteiger partial charge < -0.3 is 20.1 Å². The van der Waals surface area contributed by atoms with E-state index in [4.69, 9.17) is 9.57 Å². The molecule has 0 spiro atoms. The van der Waals surface area contributed by atoms with Crippen LogP contribution >= 0.6 is 0 Å². The molecule has 5 fully saturated rings. The van der Waals surface area contributed by atoms with Gasteiger partial charge in [0.05, 0.1) is 31.8 Å². The maximum atomic E-state index is 14.4. The van der Waals surface area contributed by atoms with Crippen molar-refractivity contribution in [3.05, 3.63) is 11.6 Å². The Morgan fingerprint density at radius 1 is 1.02 bits per heavy atom. The number of aliphatic hydroxyl groups excluding tert-OH is 2. The van der Waals surface area contributed by atoms with E-state index in [-0.39, 0.29) is 58.3 Å². The molecule has 5 aliphatic carbocycles. The van der Waals surface area contributed by atoms with Gasteiger partial charge >= 0.3 is 5.97 Å². The van der Waals surface area contributed by atoms with Crippen molar-refractivity contribution in [3.8, 4) is 0 Å². The average molecular weight is 588 g/mol. The van der Waals surface area contributed by atoms with Crippen molar-refractivity contribution in [2.24, 2.45) is 51.8 Å². The molecule has 1 heterocycles. The molecule has 8 nitrogen and oxygen atoms in total. The second-order valence-corrected chi connectivity index (χ2v) is 15.8. The van der Waals surface area contributed by atoms with Crippen molar-refractivity contribution in [2.75, 3.05) is 13.7 Å². The summed E-state index contributed by atoms with van der Waals surface area (Å²) in [6.07, 6.45) is 9.99. The number of ketones is 1. The first-order valence-corrected chi connectivity index (χ1v) is 16.6. The predicted molar refractivity (Wildman–Crippen MR) is 157 cm³/mol. The van der Waals surface area contributed by atoms with Crippen LogP contribution in [0.25, 0.3) is 0 Å². The molecular formula is C34H53NO7. The number of aliphatic hydroxyl groups is 2. The second-order valence-electron chi connectivity index (χ2n) is 15.8. The van der Waals surface area contributed by atoms with Crippen LogP contribution in [0.2, 0.25) is 0 Å². The smallest absolute Gasteiger partial charge is 0.306 e. The maximum absolute atomic E-state index is 14.4. The minimum absolute atomic E-state index is 0.0355. The number of allylic oxidation sites excluding steroid dienone is 2. The highest BCUT2D eigenvalue weighted by molar-refractivity contribution is 5.95. The number of hydrogen-bond donors (Lipinski definition) is 3. The van der Waals surface area contributed by atoms with Gasteiger partial charge in [-0.1, -0.05) is 33.3 Å². The molecule has 4 saturated carbocycles. The third kappa shape index (κ3) is 4.65. The van der Waals surface area contributed by atoms with Gasteiger partial charge in [-0.2, -0.15) is 5.06 Å². The minimum Gasteiger partial charge on any atom is -0.481 e. The zero-order valence-corrected chi connectivity index (χ0v) is 26.3. The molecule has 6 aliphatic rings. The van der Waals surface area contributed by atoms with Crippen LogP contribution in [0.5, 0.6) is 0 Å². The maximum Gasteiger partial charge on any atom is 0.306 e. The molecule has 0 bridgehead atoms. The second kappa shape index (κ2) is 10.9. The fraction of sp³-hybridized carbons (Fsp3) is 0.882. The van der Waals surface area contributed by atoms with Gasteiger partial charge in [0, 0.05) is 24.8 Å². The van der Waals surface area contributed by atoms with Crippen LogP contribution in [0, 0.1) is 51.8 Å². The number of hydroxylamine groups is 2. The van der Waals surface area contributed by atoms with Crippen molar-refractivity contribution < 1.29 is 34.5 Å². The largest absolute Gasteiger partial charge is 0.481 e. The fourth-order valence-corrected chi connectivity index (χ4v) is 11.7. The first-order chi connectivity index (χ1) is 19.9. The van der Waals surface area contributed by atoms with Gasteiger partial charge in [-0.3, -0.25) is 14.4 Å².